The Morgan fingerprint density at radius 3 is 2.69 bits per heavy atom. The van der Waals surface area contributed by atoms with Gasteiger partial charge in [0.15, 0.2) is 0 Å². The van der Waals surface area contributed by atoms with Gasteiger partial charge in [-0.1, -0.05) is 22.8 Å². The average Bonchev–Trinajstić information content (AvgIpc) is 3.55. The number of hydrogen-bond donors (Lipinski definition) is 1. The van der Waals surface area contributed by atoms with Crippen molar-refractivity contribution >= 4 is 34.2 Å². The molecule has 0 saturated carbocycles. The van der Waals surface area contributed by atoms with E-state index in [0.29, 0.717) is 62.9 Å². The van der Waals surface area contributed by atoms with E-state index >= 15 is 0 Å². The van der Waals surface area contributed by atoms with Crippen molar-refractivity contribution in [2.24, 2.45) is 0 Å². The molecule has 42 heavy (non-hydrogen) atoms. The second-order valence-electron chi connectivity index (χ2n) is 10.1. The molecule has 2 atom stereocenters. The summed E-state index contributed by atoms with van der Waals surface area (Å²) in [5, 5.41) is 7.51. The molecule has 2 unspecified atom stereocenters. The number of anilines is 1. The molecule has 1 fully saturated rings. The lowest BCUT2D eigenvalue weighted by atomic mass is 9.97. The summed E-state index contributed by atoms with van der Waals surface area (Å²) < 4.78 is 18.2. The highest BCUT2D eigenvalue weighted by Gasteiger charge is 2.29. The Hall–Kier alpha value is -4.54. The zero-order valence-electron chi connectivity index (χ0n) is 22.8. The van der Waals surface area contributed by atoms with Gasteiger partial charge in [0, 0.05) is 59.4 Å². The highest BCUT2D eigenvalue weighted by Crippen LogP contribution is 2.38. The summed E-state index contributed by atoms with van der Waals surface area (Å²) in [6, 6.07) is 12.9. The van der Waals surface area contributed by atoms with Gasteiger partial charge in [0.05, 0.1) is 30.4 Å². The van der Waals surface area contributed by atoms with Crippen molar-refractivity contribution < 1.29 is 18.8 Å². The maximum absolute atomic E-state index is 13.8. The Morgan fingerprint density at radius 1 is 1.07 bits per heavy atom. The third kappa shape index (κ3) is 5.77. The summed E-state index contributed by atoms with van der Waals surface area (Å²) in [5.74, 6) is 0.0420. The monoisotopic (exact) mass is 585 g/mol. The van der Waals surface area contributed by atoms with Crippen LogP contribution in [0.2, 0.25) is 5.02 Å². The summed E-state index contributed by atoms with van der Waals surface area (Å²) >= 11 is 6.37. The maximum Gasteiger partial charge on any atom is 0.252 e. The molecule has 1 saturated heterocycles. The minimum atomic E-state index is -0.865. The number of carbonyl (C=O) groups excluding carboxylic acids is 1. The molecule has 5 aromatic rings. The normalized spacial score (nSPS) is 15.8. The summed E-state index contributed by atoms with van der Waals surface area (Å²) in [5.41, 5.74) is 3.99. The minimum absolute atomic E-state index is 0.166. The van der Waals surface area contributed by atoms with Gasteiger partial charge in [-0.05, 0) is 55.2 Å². The van der Waals surface area contributed by atoms with Crippen LogP contribution in [0.25, 0.3) is 33.4 Å². The van der Waals surface area contributed by atoms with E-state index in [-0.39, 0.29) is 17.6 Å². The molecular weight excluding hydrogens is 558 g/mol. The predicted octanol–water partition coefficient (Wildman–Crippen LogP) is 5.91. The smallest absolute Gasteiger partial charge is 0.252 e. The molecule has 1 aliphatic heterocycles. The van der Waals surface area contributed by atoms with Gasteiger partial charge in [-0.15, -0.1) is 0 Å². The van der Waals surface area contributed by atoms with Crippen LogP contribution in [0.15, 0.2) is 82.7 Å². The van der Waals surface area contributed by atoms with Crippen LogP contribution in [0, 0.1) is 0 Å². The first-order valence-electron chi connectivity index (χ1n) is 13.6. The van der Waals surface area contributed by atoms with E-state index in [4.69, 9.17) is 25.6 Å². The van der Waals surface area contributed by atoms with Gasteiger partial charge in [-0.3, -0.25) is 24.1 Å². The van der Waals surface area contributed by atoms with Gasteiger partial charge < -0.3 is 19.3 Å². The first-order chi connectivity index (χ1) is 20.5. The van der Waals surface area contributed by atoms with Crippen LogP contribution >= 0.6 is 11.6 Å². The van der Waals surface area contributed by atoms with Gasteiger partial charge in [0.2, 0.25) is 5.91 Å². The second-order valence-corrected chi connectivity index (χ2v) is 10.5. The lowest BCUT2D eigenvalue weighted by molar-refractivity contribution is -0.121. The second kappa shape index (κ2) is 12.1. The Balaban J connectivity index is 1.40. The van der Waals surface area contributed by atoms with Crippen LogP contribution in [-0.4, -0.2) is 45.4 Å². The molecule has 1 N–H and O–H groups in total. The number of benzene rings is 2. The van der Waals surface area contributed by atoms with Crippen molar-refractivity contribution in [1.29, 1.82) is 0 Å². The number of halogens is 1. The molecule has 4 heterocycles. The number of rotatable bonds is 8. The van der Waals surface area contributed by atoms with Crippen LogP contribution in [0.5, 0.6) is 5.75 Å². The van der Waals surface area contributed by atoms with Gasteiger partial charge in [0.25, 0.3) is 5.56 Å². The molecule has 0 spiro atoms. The van der Waals surface area contributed by atoms with Crippen molar-refractivity contribution in [2.45, 2.75) is 37.8 Å². The Labute approximate surface area is 246 Å². The molecule has 0 radical (unpaired) electrons. The summed E-state index contributed by atoms with van der Waals surface area (Å²) in [6.07, 6.45) is 9.19. The van der Waals surface area contributed by atoms with E-state index in [1.54, 1.807) is 55.0 Å². The van der Waals surface area contributed by atoms with Crippen molar-refractivity contribution in [1.82, 2.24) is 19.7 Å². The van der Waals surface area contributed by atoms with Crippen molar-refractivity contribution in [2.75, 3.05) is 19.0 Å². The van der Waals surface area contributed by atoms with Gasteiger partial charge in [0.1, 0.15) is 23.7 Å². The molecule has 1 amide bonds. The number of nitrogens with zero attached hydrogens (tertiary/aromatic N) is 4. The molecule has 6 rings (SSSR count). The Kier molecular flexibility index (Phi) is 7.98. The number of methoxy groups -OCH3 is 1. The molecule has 214 valence electrons. The molecule has 10 nitrogen and oxygen atoms in total. The topological polar surface area (TPSA) is 121 Å². The van der Waals surface area contributed by atoms with Crippen LogP contribution in [0.4, 0.5) is 5.69 Å². The van der Waals surface area contributed by atoms with E-state index in [9.17, 15) is 9.59 Å². The molecule has 3 aromatic heterocycles. The summed E-state index contributed by atoms with van der Waals surface area (Å²) in [4.78, 5) is 36.2. The number of nitrogens with one attached hydrogen (secondary N) is 1. The lowest BCUT2D eigenvalue weighted by Crippen LogP contribution is -2.36. The van der Waals surface area contributed by atoms with Crippen LogP contribution in [-0.2, 0) is 9.53 Å². The molecule has 0 aliphatic carbocycles. The van der Waals surface area contributed by atoms with Crippen LogP contribution in [0.1, 0.15) is 31.7 Å². The minimum Gasteiger partial charge on any atom is -0.495 e. The SMILES string of the molecule is COc1cn(C(CC2CCCCO2)C(=O)Nc2ccc3nccnc3c2)c(=O)cc1-c1cc(Cl)ccc1-c1ccon1. The van der Waals surface area contributed by atoms with Crippen molar-refractivity contribution in [3.05, 3.63) is 88.8 Å². The number of amides is 1. The number of hydrogen-bond acceptors (Lipinski definition) is 8. The third-order valence-corrected chi connectivity index (χ3v) is 7.62. The van der Waals surface area contributed by atoms with Gasteiger partial charge in [-0.25, -0.2) is 0 Å². The third-order valence-electron chi connectivity index (χ3n) is 7.38. The first-order valence-corrected chi connectivity index (χ1v) is 14.0. The Bertz CT molecular complexity index is 1780. The lowest BCUT2D eigenvalue weighted by Gasteiger charge is -2.28. The molecular formula is C31H28ClN5O5. The predicted molar refractivity (Wildman–Crippen MR) is 159 cm³/mol. The number of fused-ring (bicyclic) bond motifs is 1. The number of carbonyl (C=O) groups is 1. The molecule has 2 aromatic carbocycles. The highest BCUT2D eigenvalue weighted by atomic mass is 35.5. The van der Waals surface area contributed by atoms with Crippen LogP contribution < -0.4 is 15.6 Å². The fraction of sp³-hybridized carbons (Fsp3) is 0.258. The van der Waals surface area contributed by atoms with E-state index in [1.165, 1.54) is 24.0 Å². The fourth-order valence-electron chi connectivity index (χ4n) is 5.32. The summed E-state index contributed by atoms with van der Waals surface area (Å²) in [6.45, 7) is 0.624. The Morgan fingerprint density at radius 2 is 1.93 bits per heavy atom. The summed E-state index contributed by atoms with van der Waals surface area (Å²) in [7, 11) is 1.52. The number of ether oxygens (including phenoxy) is 2. The van der Waals surface area contributed by atoms with E-state index in [0.717, 1.165) is 19.3 Å². The van der Waals surface area contributed by atoms with Gasteiger partial charge >= 0.3 is 0 Å². The maximum atomic E-state index is 13.8. The first kappa shape index (κ1) is 27.6. The number of aromatic nitrogens is 4. The van der Waals surface area contributed by atoms with E-state index < -0.39 is 6.04 Å². The van der Waals surface area contributed by atoms with Crippen LogP contribution in [0.3, 0.4) is 0 Å². The molecule has 11 heteroatoms. The van der Waals surface area contributed by atoms with E-state index in [1.807, 2.05) is 6.07 Å². The quantitative estimate of drug-likeness (QED) is 0.238. The van der Waals surface area contributed by atoms with Crippen molar-refractivity contribution in [3.63, 3.8) is 0 Å². The standard InChI is InChI=1S/C31H28ClN5O5/c1-40-29-18-37(30(38)17-24(29)23-14-19(32)5-7-22(23)25-9-13-42-36-25)28(16-21-4-2-3-12-41-21)31(39)35-20-6-8-26-27(15-20)34-11-10-33-26/h5-11,13-15,17-18,21,28H,2-4,12,16H2,1H3,(H,35,39). The zero-order valence-corrected chi connectivity index (χ0v) is 23.6. The average molecular weight is 586 g/mol. The van der Waals surface area contributed by atoms with Crippen molar-refractivity contribution in [3.8, 4) is 28.1 Å². The van der Waals surface area contributed by atoms with E-state index in [2.05, 4.69) is 20.4 Å². The zero-order chi connectivity index (χ0) is 29.1. The highest BCUT2D eigenvalue weighted by molar-refractivity contribution is 6.31. The molecule has 1 aliphatic rings. The van der Waals surface area contributed by atoms with Gasteiger partial charge in [-0.2, -0.15) is 0 Å². The fourth-order valence-corrected chi connectivity index (χ4v) is 5.49. The molecule has 0 bridgehead atoms. The largest absolute Gasteiger partial charge is 0.495 e. The number of pyridine rings is 1.